The number of benzene rings is 4. The van der Waals surface area contributed by atoms with Crippen LogP contribution in [-0.2, 0) is 44.8 Å². The number of rotatable bonds is 15. The van der Waals surface area contributed by atoms with Crippen molar-refractivity contribution < 1.29 is 37.0 Å². The molecule has 4 aromatic carbocycles. The van der Waals surface area contributed by atoms with Gasteiger partial charge in [-0.1, -0.05) is 66.7 Å². The first-order chi connectivity index (χ1) is 25.1. The second kappa shape index (κ2) is 18.4. The van der Waals surface area contributed by atoms with Crippen molar-refractivity contribution in [1.29, 1.82) is 0 Å². The predicted molar refractivity (Wildman–Crippen MR) is 195 cm³/mol. The van der Waals surface area contributed by atoms with Crippen molar-refractivity contribution >= 4 is 23.6 Å². The number of carbonyl (C=O) groups is 2. The van der Waals surface area contributed by atoms with Crippen LogP contribution in [0.4, 0.5) is 18.9 Å². The molecule has 2 amide bonds. The molecule has 1 fully saturated rings. The van der Waals surface area contributed by atoms with Crippen molar-refractivity contribution in [1.82, 2.24) is 9.80 Å². The molecule has 1 heterocycles. The summed E-state index contributed by atoms with van der Waals surface area (Å²) in [5.74, 6) is 0.00850. The molecule has 5 rings (SSSR count). The van der Waals surface area contributed by atoms with Crippen LogP contribution in [0.2, 0.25) is 0 Å². The van der Waals surface area contributed by atoms with Gasteiger partial charge in [0.05, 0.1) is 39.1 Å². The molecule has 1 aliphatic rings. The quantitative estimate of drug-likeness (QED) is 0.0988. The van der Waals surface area contributed by atoms with E-state index in [1.54, 1.807) is 19.1 Å². The highest BCUT2D eigenvalue weighted by Gasteiger charge is 2.32. The monoisotopic (exact) mass is 715 g/mol. The lowest BCUT2D eigenvalue weighted by atomic mass is 10.0. The van der Waals surface area contributed by atoms with E-state index >= 15 is 0 Å². The van der Waals surface area contributed by atoms with Gasteiger partial charge in [0.25, 0.3) is 0 Å². The van der Waals surface area contributed by atoms with E-state index < -0.39 is 23.7 Å². The van der Waals surface area contributed by atoms with E-state index in [2.05, 4.69) is 4.90 Å². The Kier molecular flexibility index (Phi) is 13.5. The Balaban J connectivity index is 1.38. The van der Waals surface area contributed by atoms with Crippen LogP contribution in [-0.4, -0.2) is 81.3 Å². The molecular formula is C41H44F3N3O5. The molecule has 0 aromatic heterocycles. The molecule has 274 valence electrons. The maximum Gasteiger partial charge on any atom is 0.416 e. The van der Waals surface area contributed by atoms with Crippen LogP contribution >= 0.6 is 0 Å². The molecule has 11 heteroatoms. The summed E-state index contributed by atoms with van der Waals surface area (Å²) in [5, 5.41) is 0. The number of ether oxygens (including phenoxy) is 3. The van der Waals surface area contributed by atoms with Crippen LogP contribution in [0.5, 0.6) is 5.75 Å². The van der Waals surface area contributed by atoms with Gasteiger partial charge < -0.3 is 28.9 Å². The summed E-state index contributed by atoms with van der Waals surface area (Å²) in [6.07, 6.45) is -1.44. The number of amides is 2. The second-order valence-electron chi connectivity index (χ2n) is 12.6. The van der Waals surface area contributed by atoms with Gasteiger partial charge in [0.2, 0.25) is 11.8 Å². The predicted octanol–water partition coefficient (Wildman–Crippen LogP) is 6.88. The third-order valence-corrected chi connectivity index (χ3v) is 8.89. The van der Waals surface area contributed by atoms with Gasteiger partial charge in [0, 0.05) is 51.4 Å². The molecule has 4 aromatic rings. The van der Waals surface area contributed by atoms with Crippen molar-refractivity contribution in [2.24, 2.45) is 0 Å². The van der Waals surface area contributed by atoms with Gasteiger partial charge in [-0.05, 0) is 64.7 Å². The first kappa shape index (κ1) is 38.1. The van der Waals surface area contributed by atoms with Crippen LogP contribution in [0.1, 0.15) is 27.8 Å². The molecule has 1 atom stereocenters. The normalized spacial score (nSPS) is 13.9. The summed E-state index contributed by atoms with van der Waals surface area (Å²) in [5.41, 5.74) is 3.32. The molecule has 0 radical (unpaired) electrons. The first-order valence-electron chi connectivity index (χ1n) is 17.2. The van der Waals surface area contributed by atoms with Crippen molar-refractivity contribution in [3.63, 3.8) is 0 Å². The Bertz CT molecular complexity index is 1760. The van der Waals surface area contributed by atoms with Crippen molar-refractivity contribution in [3.05, 3.63) is 137 Å². The zero-order valence-electron chi connectivity index (χ0n) is 29.4. The fourth-order valence-electron chi connectivity index (χ4n) is 5.91. The lowest BCUT2D eigenvalue weighted by Crippen LogP contribution is -2.51. The van der Waals surface area contributed by atoms with Crippen LogP contribution in [0.15, 0.2) is 109 Å². The van der Waals surface area contributed by atoms with Gasteiger partial charge in [0.1, 0.15) is 11.8 Å². The zero-order chi connectivity index (χ0) is 36.9. The molecule has 8 nitrogen and oxygen atoms in total. The van der Waals surface area contributed by atoms with E-state index in [4.69, 9.17) is 14.2 Å². The number of methoxy groups -OCH3 is 1. The number of hydrogen-bond acceptors (Lipinski definition) is 6. The minimum absolute atomic E-state index is 0.128. The first-order valence-corrected chi connectivity index (χ1v) is 17.2. The Morgan fingerprint density at radius 3 is 2.25 bits per heavy atom. The van der Waals surface area contributed by atoms with Gasteiger partial charge in [-0.2, -0.15) is 13.2 Å². The number of anilines is 1. The standard InChI is InChI=1S/C41H44F3N3O5/c1-45(21-24-52-30-34-9-6-10-37(27-34)50-2)40(49)38(28-32-7-4-3-5-8-32)47(29-33-13-18-36(19-14-33)46-22-25-51-26-23-46)39(48)20-15-31-11-16-35(17-12-31)41(42,43)44/h3-20,27,38H,21-26,28-30H2,1-2H3. The Morgan fingerprint density at radius 1 is 0.885 bits per heavy atom. The van der Waals surface area contributed by atoms with Gasteiger partial charge in [-0.15, -0.1) is 0 Å². The van der Waals surface area contributed by atoms with E-state index in [9.17, 15) is 22.8 Å². The maximum atomic E-state index is 14.3. The highest BCUT2D eigenvalue weighted by molar-refractivity contribution is 5.95. The van der Waals surface area contributed by atoms with Crippen LogP contribution in [0.25, 0.3) is 6.08 Å². The number of halogens is 3. The molecule has 0 N–H and O–H groups in total. The Labute approximate surface area is 303 Å². The number of likely N-dealkylation sites (N-methyl/N-ethyl adjacent to an activating group) is 1. The summed E-state index contributed by atoms with van der Waals surface area (Å²) in [6, 6.07) is 28.6. The second-order valence-corrected chi connectivity index (χ2v) is 12.6. The summed E-state index contributed by atoms with van der Waals surface area (Å²) in [4.78, 5) is 33.8. The summed E-state index contributed by atoms with van der Waals surface area (Å²) < 4.78 is 56.1. The molecule has 1 unspecified atom stereocenters. The largest absolute Gasteiger partial charge is 0.497 e. The fraction of sp³-hybridized carbons (Fsp3) is 0.317. The van der Waals surface area contributed by atoms with Crippen LogP contribution < -0.4 is 9.64 Å². The zero-order valence-corrected chi connectivity index (χ0v) is 29.4. The number of alkyl halides is 3. The molecule has 0 bridgehead atoms. The summed E-state index contributed by atoms with van der Waals surface area (Å²) in [7, 11) is 3.29. The highest BCUT2D eigenvalue weighted by atomic mass is 19.4. The molecule has 0 spiro atoms. The highest BCUT2D eigenvalue weighted by Crippen LogP contribution is 2.29. The SMILES string of the molecule is COc1cccc(COCCN(C)C(=O)C(Cc2ccccc2)N(Cc2ccc(N3CCOCC3)cc2)C(=O)C=Cc2ccc(C(F)(F)F)cc2)c1. The average molecular weight is 716 g/mol. The summed E-state index contributed by atoms with van der Waals surface area (Å²) in [6.45, 7) is 3.88. The van der Waals surface area contributed by atoms with Gasteiger partial charge in [0.15, 0.2) is 0 Å². The Hall–Kier alpha value is -5.13. The van der Waals surface area contributed by atoms with Gasteiger partial charge >= 0.3 is 6.18 Å². The third-order valence-electron chi connectivity index (χ3n) is 8.89. The third kappa shape index (κ3) is 10.9. The molecule has 0 aliphatic carbocycles. The average Bonchev–Trinajstić information content (AvgIpc) is 3.17. The van der Waals surface area contributed by atoms with E-state index in [-0.39, 0.29) is 32.0 Å². The minimum Gasteiger partial charge on any atom is -0.497 e. The number of nitrogens with zero attached hydrogens (tertiary/aromatic N) is 3. The molecular weight excluding hydrogens is 671 g/mol. The molecule has 1 aliphatic heterocycles. The van der Waals surface area contributed by atoms with E-state index in [1.807, 2.05) is 78.9 Å². The van der Waals surface area contributed by atoms with E-state index in [0.29, 0.717) is 25.4 Å². The fourth-order valence-corrected chi connectivity index (χ4v) is 5.91. The molecule has 52 heavy (non-hydrogen) atoms. The van der Waals surface area contributed by atoms with Gasteiger partial charge in [-0.3, -0.25) is 9.59 Å². The number of hydrogen-bond donors (Lipinski definition) is 0. The van der Waals surface area contributed by atoms with E-state index in [0.717, 1.165) is 53.3 Å². The Morgan fingerprint density at radius 2 is 1.58 bits per heavy atom. The van der Waals surface area contributed by atoms with E-state index in [1.165, 1.54) is 29.2 Å². The number of morpholine rings is 1. The van der Waals surface area contributed by atoms with Crippen molar-refractivity contribution in [2.75, 3.05) is 58.5 Å². The van der Waals surface area contributed by atoms with Crippen molar-refractivity contribution in [2.45, 2.75) is 31.8 Å². The molecule has 0 saturated carbocycles. The van der Waals surface area contributed by atoms with Crippen LogP contribution in [0.3, 0.4) is 0 Å². The van der Waals surface area contributed by atoms with Gasteiger partial charge in [-0.25, -0.2) is 0 Å². The lowest BCUT2D eigenvalue weighted by Gasteiger charge is -2.33. The number of carbonyl (C=O) groups excluding carboxylic acids is 2. The van der Waals surface area contributed by atoms with Crippen LogP contribution in [0, 0.1) is 0 Å². The lowest BCUT2D eigenvalue weighted by molar-refractivity contribution is -0.143. The summed E-state index contributed by atoms with van der Waals surface area (Å²) >= 11 is 0. The molecule has 1 saturated heterocycles. The van der Waals surface area contributed by atoms with Crippen molar-refractivity contribution in [3.8, 4) is 5.75 Å². The minimum atomic E-state index is -4.47. The maximum absolute atomic E-state index is 14.3. The topological polar surface area (TPSA) is 71.6 Å². The smallest absolute Gasteiger partial charge is 0.416 e.